The van der Waals surface area contributed by atoms with Crippen molar-refractivity contribution in [3.8, 4) is 0 Å². The standard InChI is InChI=1S/C13H15ClF3NO2/c1-9(14)11(19)18-8-7-12(20,13(15,16)17)10-5-3-2-4-6-10/h2-6,9,20H,7-8H2,1H3,(H,18,19). The molecule has 0 aliphatic heterocycles. The van der Waals surface area contributed by atoms with Gasteiger partial charge in [-0.25, -0.2) is 0 Å². The highest BCUT2D eigenvalue weighted by Crippen LogP contribution is 2.41. The van der Waals surface area contributed by atoms with Crippen LogP contribution in [0.3, 0.4) is 0 Å². The van der Waals surface area contributed by atoms with Crippen molar-refractivity contribution in [2.24, 2.45) is 0 Å². The number of carbonyl (C=O) groups excluding carboxylic acids is 1. The molecule has 0 aliphatic carbocycles. The monoisotopic (exact) mass is 309 g/mol. The van der Waals surface area contributed by atoms with Crippen LogP contribution in [-0.4, -0.2) is 29.1 Å². The van der Waals surface area contributed by atoms with Gasteiger partial charge in [0.25, 0.3) is 0 Å². The van der Waals surface area contributed by atoms with Gasteiger partial charge in [-0.05, 0) is 12.5 Å². The minimum absolute atomic E-state index is 0.263. The van der Waals surface area contributed by atoms with E-state index in [-0.39, 0.29) is 12.1 Å². The maximum atomic E-state index is 13.1. The van der Waals surface area contributed by atoms with Crippen LogP contribution in [0.25, 0.3) is 0 Å². The van der Waals surface area contributed by atoms with Crippen molar-refractivity contribution < 1.29 is 23.1 Å². The Morgan fingerprint density at radius 1 is 1.35 bits per heavy atom. The first kappa shape index (κ1) is 16.8. The molecule has 3 nitrogen and oxygen atoms in total. The molecule has 0 heterocycles. The number of alkyl halides is 4. The van der Waals surface area contributed by atoms with E-state index >= 15 is 0 Å². The molecule has 0 aliphatic rings. The predicted octanol–water partition coefficient (Wildman–Crippen LogP) is 2.57. The summed E-state index contributed by atoms with van der Waals surface area (Å²) in [5, 5.41) is 11.4. The summed E-state index contributed by atoms with van der Waals surface area (Å²) in [6, 6.07) is 6.76. The molecule has 0 spiro atoms. The number of nitrogens with one attached hydrogen (secondary N) is 1. The van der Waals surface area contributed by atoms with Gasteiger partial charge in [-0.15, -0.1) is 11.6 Å². The van der Waals surface area contributed by atoms with Gasteiger partial charge in [0.05, 0.1) is 0 Å². The van der Waals surface area contributed by atoms with Gasteiger partial charge in [0.2, 0.25) is 5.91 Å². The first-order valence-electron chi connectivity index (χ1n) is 5.95. The molecule has 1 rings (SSSR count). The van der Waals surface area contributed by atoms with Crippen LogP contribution < -0.4 is 5.32 Å². The first-order valence-corrected chi connectivity index (χ1v) is 6.38. The molecule has 2 atom stereocenters. The molecule has 0 bridgehead atoms. The summed E-state index contributed by atoms with van der Waals surface area (Å²) < 4.78 is 39.3. The highest BCUT2D eigenvalue weighted by atomic mass is 35.5. The van der Waals surface area contributed by atoms with Crippen LogP contribution in [0, 0.1) is 0 Å². The van der Waals surface area contributed by atoms with E-state index in [9.17, 15) is 23.1 Å². The second kappa shape index (κ2) is 6.45. The minimum atomic E-state index is -4.84. The summed E-state index contributed by atoms with van der Waals surface area (Å²) in [5.41, 5.74) is -3.27. The molecule has 0 radical (unpaired) electrons. The smallest absolute Gasteiger partial charge is 0.376 e. The van der Waals surface area contributed by atoms with Crippen LogP contribution in [0.1, 0.15) is 18.9 Å². The van der Waals surface area contributed by atoms with Crippen molar-refractivity contribution in [3.63, 3.8) is 0 Å². The zero-order valence-electron chi connectivity index (χ0n) is 10.7. The van der Waals surface area contributed by atoms with E-state index in [4.69, 9.17) is 11.6 Å². The Balaban J connectivity index is 2.84. The molecule has 20 heavy (non-hydrogen) atoms. The van der Waals surface area contributed by atoms with Gasteiger partial charge in [0, 0.05) is 13.0 Å². The fraction of sp³-hybridized carbons (Fsp3) is 0.462. The number of carbonyl (C=O) groups is 1. The van der Waals surface area contributed by atoms with E-state index in [1.54, 1.807) is 6.07 Å². The van der Waals surface area contributed by atoms with Crippen LogP contribution in [0.15, 0.2) is 30.3 Å². The Morgan fingerprint density at radius 2 is 1.90 bits per heavy atom. The zero-order chi connectivity index (χ0) is 15.4. The lowest BCUT2D eigenvalue weighted by Crippen LogP contribution is -2.45. The van der Waals surface area contributed by atoms with Gasteiger partial charge in [-0.3, -0.25) is 4.79 Å². The highest BCUT2D eigenvalue weighted by Gasteiger charge is 2.54. The fourth-order valence-electron chi connectivity index (χ4n) is 1.67. The van der Waals surface area contributed by atoms with Crippen molar-refractivity contribution in [1.82, 2.24) is 5.32 Å². The quantitative estimate of drug-likeness (QED) is 0.821. The molecular formula is C13H15ClF3NO2. The van der Waals surface area contributed by atoms with E-state index in [2.05, 4.69) is 5.32 Å². The maximum absolute atomic E-state index is 13.1. The van der Waals surface area contributed by atoms with Crippen molar-refractivity contribution in [2.75, 3.05) is 6.54 Å². The summed E-state index contributed by atoms with van der Waals surface area (Å²) in [4.78, 5) is 11.2. The van der Waals surface area contributed by atoms with Crippen molar-refractivity contribution in [2.45, 2.75) is 30.5 Å². The van der Waals surface area contributed by atoms with E-state index in [1.807, 2.05) is 0 Å². The second-order valence-corrected chi connectivity index (χ2v) is 5.04. The van der Waals surface area contributed by atoms with Gasteiger partial charge in [0.15, 0.2) is 5.60 Å². The number of hydrogen-bond acceptors (Lipinski definition) is 2. The molecule has 7 heteroatoms. The minimum Gasteiger partial charge on any atom is -0.376 e. The van der Waals surface area contributed by atoms with E-state index in [1.165, 1.54) is 31.2 Å². The van der Waals surface area contributed by atoms with Gasteiger partial charge in [-0.2, -0.15) is 13.2 Å². The highest BCUT2D eigenvalue weighted by molar-refractivity contribution is 6.30. The average Bonchev–Trinajstić information content (AvgIpc) is 2.37. The molecule has 1 aromatic carbocycles. The third-order valence-corrected chi connectivity index (χ3v) is 3.07. The van der Waals surface area contributed by atoms with E-state index in [0.717, 1.165) is 0 Å². The topological polar surface area (TPSA) is 49.3 Å². The summed E-state index contributed by atoms with van der Waals surface area (Å²) in [6.45, 7) is 1.07. The number of rotatable bonds is 5. The fourth-order valence-corrected chi connectivity index (χ4v) is 1.75. The summed E-state index contributed by atoms with van der Waals surface area (Å²) in [6.07, 6.45) is -5.53. The third kappa shape index (κ3) is 3.86. The predicted molar refractivity (Wildman–Crippen MR) is 69.3 cm³/mol. The number of halogens is 4. The van der Waals surface area contributed by atoms with Crippen LogP contribution in [0.2, 0.25) is 0 Å². The molecule has 2 N–H and O–H groups in total. The molecule has 112 valence electrons. The van der Waals surface area contributed by atoms with Crippen LogP contribution >= 0.6 is 11.6 Å². The third-order valence-electron chi connectivity index (χ3n) is 2.87. The maximum Gasteiger partial charge on any atom is 0.421 e. The van der Waals surface area contributed by atoms with Gasteiger partial charge < -0.3 is 10.4 Å². The Bertz CT molecular complexity index is 451. The van der Waals surface area contributed by atoms with Crippen LogP contribution in [0.4, 0.5) is 13.2 Å². The van der Waals surface area contributed by atoms with Crippen LogP contribution in [0.5, 0.6) is 0 Å². The average molecular weight is 310 g/mol. The Labute approximate surface area is 119 Å². The molecule has 1 amide bonds. The lowest BCUT2D eigenvalue weighted by atomic mass is 9.89. The van der Waals surface area contributed by atoms with Gasteiger partial charge in [-0.1, -0.05) is 30.3 Å². The normalized spacial score (nSPS) is 16.3. The van der Waals surface area contributed by atoms with Crippen molar-refractivity contribution in [3.05, 3.63) is 35.9 Å². The summed E-state index contributed by atoms with van der Waals surface area (Å²) in [7, 11) is 0. The molecule has 2 unspecified atom stereocenters. The summed E-state index contributed by atoms with van der Waals surface area (Å²) in [5.74, 6) is -0.579. The second-order valence-electron chi connectivity index (χ2n) is 4.38. The Hall–Kier alpha value is -1.27. The molecular weight excluding hydrogens is 295 g/mol. The van der Waals surface area contributed by atoms with Crippen LogP contribution in [-0.2, 0) is 10.4 Å². The Morgan fingerprint density at radius 3 is 2.35 bits per heavy atom. The molecule has 0 fully saturated rings. The molecule has 0 saturated carbocycles. The number of benzene rings is 1. The zero-order valence-corrected chi connectivity index (χ0v) is 11.5. The lowest BCUT2D eigenvalue weighted by molar-refractivity contribution is -0.268. The van der Waals surface area contributed by atoms with Crippen molar-refractivity contribution >= 4 is 17.5 Å². The SMILES string of the molecule is CC(Cl)C(=O)NCCC(O)(c1ccccc1)C(F)(F)F. The largest absolute Gasteiger partial charge is 0.421 e. The van der Waals surface area contributed by atoms with Gasteiger partial charge >= 0.3 is 6.18 Å². The number of amides is 1. The molecule has 0 aromatic heterocycles. The molecule has 0 saturated heterocycles. The van der Waals surface area contributed by atoms with E-state index in [0.29, 0.717) is 0 Å². The van der Waals surface area contributed by atoms with Crippen molar-refractivity contribution in [1.29, 1.82) is 0 Å². The Kier molecular flexibility index (Phi) is 5.42. The summed E-state index contributed by atoms with van der Waals surface area (Å²) >= 11 is 5.49. The van der Waals surface area contributed by atoms with Gasteiger partial charge in [0.1, 0.15) is 5.38 Å². The van der Waals surface area contributed by atoms with E-state index < -0.39 is 29.5 Å². The molecule has 1 aromatic rings. The first-order chi connectivity index (χ1) is 9.18. The number of aliphatic hydroxyl groups is 1. The lowest BCUT2D eigenvalue weighted by Gasteiger charge is -2.31. The number of hydrogen-bond donors (Lipinski definition) is 2.